The molecule has 0 fully saturated rings. The van der Waals surface area contributed by atoms with Crippen LogP contribution in [0, 0.1) is 25.2 Å². The quantitative estimate of drug-likeness (QED) is 0.510. The number of carbonyl (C=O) groups is 1. The van der Waals surface area contributed by atoms with Gasteiger partial charge in [0.15, 0.2) is 5.82 Å². The Labute approximate surface area is 163 Å². The molecule has 1 amide bonds. The zero-order valence-corrected chi connectivity index (χ0v) is 15.6. The van der Waals surface area contributed by atoms with Crippen LogP contribution < -0.4 is 10.1 Å². The van der Waals surface area contributed by atoms with Crippen LogP contribution in [-0.2, 0) is 11.4 Å². The lowest BCUT2D eigenvalue weighted by Gasteiger charge is -2.08. The number of amides is 1. The highest BCUT2D eigenvalue weighted by molar-refractivity contribution is 6.09. The summed E-state index contributed by atoms with van der Waals surface area (Å²) in [4.78, 5) is 12.2. The van der Waals surface area contributed by atoms with Crippen LogP contribution in [0.1, 0.15) is 22.5 Å². The summed E-state index contributed by atoms with van der Waals surface area (Å²) < 4.78 is 10.7. The van der Waals surface area contributed by atoms with E-state index < -0.39 is 5.91 Å². The van der Waals surface area contributed by atoms with Gasteiger partial charge in [0, 0.05) is 6.07 Å². The fraction of sp³-hybridized carbons (Fsp3) is 0.136. The number of ether oxygens (including phenoxy) is 1. The zero-order chi connectivity index (χ0) is 19.9. The largest absolute Gasteiger partial charge is 0.489 e. The van der Waals surface area contributed by atoms with Gasteiger partial charge in [-0.3, -0.25) is 4.79 Å². The lowest BCUT2D eigenvalue weighted by Crippen LogP contribution is -2.13. The number of carbonyl (C=O) groups excluding carboxylic acids is 1. The van der Waals surface area contributed by atoms with Gasteiger partial charge in [0.1, 0.15) is 29.8 Å². The number of rotatable bonds is 6. The van der Waals surface area contributed by atoms with E-state index in [-0.39, 0.29) is 11.4 Å². The fourth-order valence-electron chi connectivity index (χ4n) is 2.52. The van der Waals surface area contributed by atoms with Crippen LogP contribution in [0.2, 0.25) is 0 Å². The molecule has 3 rings (SSSR count). The van der Waals surface area contributed by atoms with Gasteiger partial charge >= 0.3 is 0 Å². The Bertz CT molecular complexity index is 1040. The number of benzene rings is 2. The first-order valence-corrected chi connectivity index (χ1v) is 8.69. The van der Waals surface area contributed by atoms with Crippen LogP contribution in [-0.4, -0.2) is 11.1 Å². The van der Waals surface area contributed by atoms with Crippen LogP contribution in [0.3, 0.4) is 0 Å². The maximum absolute atomic E-state index is 12.2. The highest BCUT2D eigenvalue weighted by atomic mass is 16.5. The second-order valence-corrected chi connectivity index (χ2v) is 6.23. The van der Waals surface area contributed by atoms with Gasteiger partial charge in [0.2, 0.25) is 0 Å². The zero-order valence-electron chi connectivity index (χ0n) is 15.6. The fourth-order valence-corrected chi connectivity index (χ4v) is 2.52. The van der Waals surface area contributed by atoms with Crippen molar-refractivity contribution in [2.75, 3.05) is 5.32 Å². The summed E-state index contributed by atoms with van der Waals surface area (Å²) >= 11 is 0. The SMILES string of the molecule is Cc1cc(NC(=O)/C(C#N)=C\c2ccc(OCc3ccccc3C)cc2)no1. The first kappa shape index (κ1) is 18.9. The lowest BCUT2D eigenvalue weighted by molar-refractivity contribution is -0.112. The van der Waals surface area contributed by atoms with E-state index in [4.69, 9.17) is 9.26 Å². The highest BCUT2D eigenvalue weighted by Gasteiger charge is 2.11. The monoisotopic (exact) mass is 373 g/mol. The molecule has 0 saturated heterocycles. The van der Waals surface area contributed by atoms with Gasteiger partial charge in [-0.15, -0.1) is 0 Å². The molecule has 0 aliphatic rings. The Morgan fingerprint density at radius 2 is 1.96 bits per heavy atom. The van der Waals surface area contributed by atoms with Crippen LogP contribution in [0.15, 0.2) is 64.7 Å². The lowest BCUT2D eigenvalue weighted by atomic mass is 10.1. The van der Waals surface area contributed by atoms with Crippen molar-refractivity contribution in [3.8, 4) is 11.8 Å². The third kappa shape index (κ3) is 4.86. The Kier molecular flexibility index (Phi) is 5.87. The molecule has 0 aliphatic carbocycles. The molecule has 140 valence electrons. The third-order valence-electron chi connectivity index (χ3n) is 4.08. The molecule has 0 spiro atoms. The number of anilines is 1. The minimum atomic E-state index is -0.546. The average molecular weight is 373 g/mol. The Morgan fingerprint density at radius 3 is 2.61 bits per heavy atom. The predicted octanol–water partition coefficient (Wildman–Crippen LogP) is 4.42. The smallest absolute Gasteiger partial charge is 0.267 e. The van der Waals surface area contributed by atoms with Crippen molar-refractivity contribution in [1.29, 1.82) is 5.26 Å². The third-order valence-corrected chi connectivity index (χ3v) is 4.08. The van der Waals surface area contributed by atoms with E-state index in [0.29, 0.717) is 23.7 Å². The van der Waals surface area contributed by atoms with Gasteiger partial charge in [-0.1, -0.05) is 41.6 Å². The molecule has 0 bridgehead atoms. The molecular weight excluding hydrogens is 354 g/mol. The van der Waals surface area contributed by atoms with E-state index >= 15 is 0 Å². The number of aromatic nitrogens is 1. The molecule has 0 aliphatic heterocycles. The van der Waals surface area contributed by atoms with Crippen molar-refractivity contribution in [2.45, 2.75) is 20.5 Å². The Morgan fingerprint density at radius 1 is 1.21 bits per heavy atom. The topological polar surface area (TPSA) is 88.2 Å². The molecule has 1 aromatic heterocycles. The summed E-state index contributed by atoms with van der Waals surface area (Å²) in [6.07, 6.45) is 1.51. The Hall–Kier alpha value is -3.85. The molecule has 0 saturated carbocycles. The van der Waals surface area contributed by atoms with Crippen molar-refractivity contribution >= 4 is 17.8 Å². The summed E-state index contributed by atoms with van der Waals surface area (Å²) in [5.41, 5.74) is 2.98. The first-order chi connectivity index (χ1) is 13.5. The number of nitrogens with zero attached hydrogens (tertiary/aromatic N) is 2. The number of nitriles is 1. The minimum absolute atomic E-state index is 0.0331. The maximum Gasteiger partial charge on any atom is 0.267 e. The van der Waals surface area contributed by atoms with Crippen molar-refractivity contribution in [3.63, 3.8) is 0 Å². The van der Waals surface area contributed by atoms with Gasteiger partial charge < -0.3 is 14.6 Å². The summed E-state index contributed by atoms with van der Waals surface area (Å²) in [5.74, 6) is 1.000. The maximum atomic E-state index is 12.2. The van der Waals surface area contributed by atoms with Crippen molar-refractivity contribution in [3.05, 3.63) is 82.6 Å². The molecule has 0 unspecified atom stereocenters. The van der Waals surface area contributed by atoms with Crippen LogP contribution >= 0.6 is 0 Å². The normalized spacial score (nSPS) is 11.0. The molecule has 1 N–H and O–H groups in total. The number of aryl methyl sites for hydroxylation is 2. The number of hydrogen-bond donors (Lipinski definition) is 1. The van der Waals surface area contributed by atoms with E-state index in [1.54, 1.807) is 37.3 Å². The molecule has 3 aromatic rings. The van der Waals surface area contributed by atoms with Crippen molar-refractivity contribution in [2.24, 2.45) is 0 Å². The molecule has 6 heteroatoms. The van der Waals surface area contributed by atoms with E-state index in [1.165, 1.54) is 11.6 Å². The summed E-state index contributed by atoms with van der Waals surface area (Å²) in [6.45, 7) is 4.23. The molecule has 6 nitrogen and oxygen atoms in total. The highest BCUT2D eigenvalue weighted by Crippen LogP contribution is 2.18. The van der Waals surface area contributed by atoms with Gasteiger partial charge in [-0.25, -0.2) is 0 Å². The second-order valence-electron chi connectivity index (χ2n) is 6.23. The molecule has 2 aromatic carbocycles. The van der Waals surface area contributed by atoms with E-state index in [1.807, 2.05) is 37.3 Å². The number of nitrogens with one attached hydrogen (secondary N) is 1. The van der Waals surface area contributed by atoms with Gasteiger partial charge in [0.25, 0.3) is 5.91 Å². The van der Waals surface area contributed by atoms with Crippen LogP contribution in [0.4, 0.5) is 5.82 Å². The van der Waals surface area contributed by atoms with Crippen molar-refractivity contribution < 1.29 is 14.1 Å². The Balaban J connectivity index is 1.65. The summed E-state index contributed by atoms with van der Waals surface area (Å²) in [5, 5.41) is 15.5. The molecule has 1 heterocycles. The van der Waals surface area contributed by atoms with Crippen LogP contribution in [0.25, 0.3) is 6.08 Å². The molecule has 0 atom stereocenters. The second kappa shape index (κ2) is 8.69. The van der Waals surface area contributed by atoms with E-state index in [2.05, 4.69) is 10.5 Å². The molecule has 0 radical (unpaired) electrons. The average Bonchev–Trinajstić information content (AvgIpc) is 3.11. The van der Waals surface area contributed by atoms with Gasteiger partial charge in [-0.05, 0) is 48.7 Å². The minimum Gasteiger partial charge on any atom is -0.489 e. The van der Waals surface area contributed by atoms with Crippen LogP contribution in [0.5, 0.6) is 5.75 Å². The summed E-state index contributed by atoms with van der Waals surface area (Å²) in [7, 11) is 0. The molecular formula is C22H19N3O3. The standard InChI is InChI=1S/C22H19N3O3/c1-15-5-3-4-6-18(15)14-27-20-9-7-17(8-10-20)12-19(13-23)22(26)24-21-11-16(2)28-25-21/h3-12H,14H2,1-2H3,(H,24,25,26)/b19-12-. The van der Waals surface area contributed by atoms with Gasteiger partial charge in [-0.2, -0.15) is 5.26 Å². The predicted molar refractivity (Wildman–Crippen MR) is 105 cm³/mol. The van der Waals surface area contributed by atoms with Gasteiger partial charge in [0.05, 0.1) is 0 Å². The van der Waals surface area contributed by atoms with E-state index in [9.17, 15) is 10.1 Å². The molecule has 28 heavy (non-hydrogen) atoms. The van der Waals surface area contributed by atoms with E-state index in [0.717, 1.165) is 5.56 Å². The summed E-state index contributed by atoms with van der Waals surface area (Å²) in [6, 6.07) is 18.7. The number of hydrogen-bond acceptors (Lipinski definition) is 5. The van der Waals surface area contributed by atoms with Crippen molar-refractivity contribution in [1.82, 2.24) is 5.16 Å². The first-order valence-electron chi connectivity index (χ1n) is 8.69.